The Labute approximate surface area is 126 Å². The Morgan fingerprint density at radius 3 is 2.82 bits per heavy atom. The Kier molecular flexibility index (Phi) is 6.55. The van der Waals surface area contributed by atoms with E-state index in [0.717, 1.165) is 0 Å². The number of allylic oxidation sites excluding steroid dienone is 1. The van der Waals surface area contributed by atoms with Crippen LogP contribution in [-0.2, 0) is 9.59 Å². The first-order valence-electron chi connectivity index (χ1n) is 6.44. The molecule has 0 aliphatic heterocycles. The molecule has 0 fully saturated rings. The maximum absolute atomic E-state index is 11.7. The largest absolute Gasteiger partial charge is 0.484 e. The number of nitrogens with one attached hydrogen (secondary N) is 1. The predicted molar refractivity (Wildman–Crippen MR) is 77.6 cm³/mol. The summed E-state index contributed by atoms with van der Waals surface area (Å²) in [5.74, 6) is -1.61. The summed E-state index contributed by atoms with van der Waals surface area (Å²) in [7, 11) is 0. The third kappa shape index (κ3) is 5.61. The smallest absolute Gasteiger partial charge is 0.326 e. The van der Waals surface area contributed by atoms with Gasteiger partial charge in [-0.15, -0.1) is 6.58 Å². The van der Waals surface area contributed by atoms with Gasteiger partial charge < -0.3 is 15.2 Å². The van der Waals surface area contributed by atoms with Crippen molar-refractivity contribution in [2.75, 3.05) is 6.61 Å². The number of carboxylic acid groups (broad SMARTS) is 1. The van der Waals surface area contributed by atoms with Gasteiger partial charge in [-0.05, 0) is 18.9 Å². The minimum absolute atomic E-state index is 0.155. The zero-order valence-corrected chi connectivity index (χ0v) is 11.7. The average Bonchev–Trinajstić information content (AvgIpc) is 2.49. The third-order valence-corrected chi connectivity index (χ3v) is 2.69. The normalized spacial score (nSPS) is 11.3. The molecule has 0 spiro atoms. The summed E-state index contributed by atoms with van der Waals surface area (Å²) in [6.07, 6.45) is 2.23. The number of hydrogen-bond donors (Lipinski definition) is 2. The molecule has 1 unspecified atom stereocenters. The number of non-ortho nitro benzene ring substituents is 1. The van der Waals surface area contributed by atoms with Crippen molar-refractivity contribution in [3.63, 3.8) is 0 Å². The molecule has 0 saturated heterocycles. The minimum atomic E-state index is -1.15. The van der Waals surface area contributed by atoms with E-state index in [4.69, 9.17) is 9.84 Å². The molecule has 8 heteroatoms. The van der Waals surface area contributed by atoms with Crippen LogP contribution in [0.15, 0.2) is 36.9 Å². The number of nitrogens with zero attached hydrogens (tertiary/aromatic N) is 1. The first-order valence-corrected chi connectivity index (χ1v) is 6.44. The highest BCUT2D eigenvalue weighted by atomic mass is 16.6. The summed E-state index contributed by atoms with van der Waals surface area (Å²) < 4.78 is 5.11. The van der Waals surface area contributed by atoms with E-state index in [-0.39, 0.29) is 17.9 Å². The van der Waals surface area contributed by atoms with Gasteiger partial charge in [-0.2, -0.15) is 0 Å². The molecular weight excluding hydrogens is 292 g/mol. The van der Waals surface area contributed by atoms with Crippen molar-refractivity contribution >= 4 is 17.6 Å². The quantitative estimate of drug-likeness (QED) is 0.405. The molecule has 0 radical (unpaired) electrons. The van der Waals surface area contributed by atoms with Crippen molar-refractivity contribution in [3.05, 3.63) is 47.0 Å². The van der Waals surface area contributed by atoms with E-state index in [1.54, 1.807) is 6.08 Å². The van der Waals surface area contributed by atoms with Gasteiger partial charge in [-0.3, -0.25) is 14.9 Å². The molecule has 1 rings (SSSR count). The van der Waals surface area contributed by atoms with Crippen LogP contribution < -0.4 is 10.1 Å². The summed E-state index contributed by atoms with van der Waals surface area (Å²) in [6, 6.07) is 4.34. The Morgan fingerprint density at radius 1 is 1.50 bits per heavy atom. The third-order valence-electron chi connectivity index (χ3n) is 2.69. The Balaban J connectivity index is 2.54. The molecule has 0 heterocycles. The van der Waals surface area contributed by atoms with E-state index in [0.29, 0.717) is 6.42 Å². The lowest BCUT2D eigenvalue weighted by Crippen LogP contribution is -2.42. The fraction of sp³-hybridized carbons (Fsp3) is 0.286. The number of rotatable bonds is 9. The highest BCUT2D eigenvalue weighted by Gasteiger charge is 2.19. The van der Waals surface area contributed by atoms with Gasteiger partial charge in [0.15, 0.2) is 6.61 Å². The van der Waals surface area contributed by atoms with E-state index in [1.165, 1.54) is 24.3 Å². The summed E-state index contributed by atoms with van der Waals surface area (Å²) in [5.41, 5.74) is -0.160. The number of hydrogen-bond acceptors (Lipinski definition) is 5. The standard InChI is InChI=1S/C14H16N2O6/c1-2-3-7-12(14(18)19)15-13(17)9-22-11-6-4-5-10(8-11)16(20)21/h2,4-6,8,12H,1,3,7,9H2,(H,15,17)(H,18,19). The van der Waals surface area contributed by atoms with Gasteiger partial charge >= 0.3 is 5.97 Å². The van der Waals surface area contributed by atoms with Crippen molar-refractivity contribution in [1.82, 2.24) is 5.32 Å². The van der Waals surface area contributed by atoms with Crippen LogP contribution in [0.4, 0.5) is 5.69 Å². The van der Waals surface area contributed by atoms with Crippen molar-refractivity contribution in [1.29, 1.82) is 0 Å². The van der Waals surface area contributed by atoms with Gasteiger partial charge in [-0.1, -0.05) is 12.1 Å². The molecule has 2 N–H and O–H groups in total. The van der Waals surface area contributed by atoms with Crippen LogP contribution in [0.2, 0.25) is 0 Å². The summed E-state index contributed by atoms with van der Waals surface area (Å²) in [6.45, 7) is 3.05. The lowest BCUT2D eigenvalue weighted by molar-refractivity contribution is -0.384. The van der Waals surface area contributed by atoms with Crippen molar-refractivity contribution in [2.45, 2.75) is 18.9 Å². The second kappa shape index (κ2) is 8.40. The lowest BCUT2D eigenvalue weighted by Gasteiger charge is -2.14. The number of nitro benzene ring substituents is 1. The number of carbonyl (C=O) groups excluding carboxylic acids is 1. The van der Waals surface area contributed by atoms with Crippen LogP contribution in [0.5, 0.6) is 5.75 Å². The predicted octanol–water partition coefficient (Wildman–Crippen LogP) is 1.51. The fourth-order valence-corrected chi connectivity index (χ4v) is 1.61. The summed E-state index contributed by atoms with van der Waals surface area (Å²) in [5, 5.41) is 21.9. The molecule has 0 aromatic heterocycles. The van der Waals surface area contributed by atoms with E-state index in [2.05, 4.69) is 11.9 Å². The number of carbonyl (C=O) groups is 2. The molecule has 0 aliphatic carbocycles. The monoisotopic (exact) mass is 308 g/mol. The molecule has 1 aromatic carbocycles. The average molecular weight is 308 g/mol. The van der Waals surface area contributed by atoms with Crippen LogP contribution in [0.1, 0.15) is 12.8 Å². The van der Waals surface area contributed by atoms with Gasteiger partial charge in [0.2, 0.25) is 0 Å². The Bertz CT molecular complexity index is 572. The van der Waals surface area contributed by atoms with Crippen LogP contribution in [0, 0.1) is 10.1 Å². The molecule has 0 bridgehead atoms. The van der Waals surface area contributed by atoms with Gasteiger partial charge in [0.05, 0.1) is 11.0 Å². The maximum Gasteiger partial charge on any atom is 0.326 e. The maximum atomic E-state index is 11.7. The van der Waals surface area contributed by atoms with E-state index in [1.807, 2.05) is 0 Å². The van der Waals surface area contributed by atoms with Crippen molar-refractivity contribution in [3.8, 4) is 5.75 Å². The molecule has 22 heavy (non-hydrogen) atoms. The first kappa shape index (κ1) is 17.2. The van der Waals surface area contributed by atoms with Crippen LogP contribution in [-0.4, -0.2) is 34.6 Å². The molecule has 8 nitrogen and oxygen atoms in total. The van der Waals surface area contributed by atoms with Crippen molar-refractivity contribution in [2.24, 2.45) is 0 Å². The topological polar surface area (TPSA) is 119 Å². The molecule has 1 atom stereocenters. The van der Waals surface area contributed by atoms with E-state index in [9.17, 15) is 19.7 Å². The minimum Gasteiger partial charge on any atom is -0.484 e. The Hall–Kier alpha value is -2.90. The van der Waals surface area contributed by atoms with Gasteiger partial charge in [0.1, 0.15) is 11.8 Å². The number of amides is 1. The number of nitro groups is 1. The molecule has 0 aliphatic rings. The highest BCUT2D eigenvalue weighted by molar-refractivity contribution is 5.84. The van der Waals surface area contributed by atoms with Crippen LogP contribution >= 0.6 is 0 Å². The zero-order valence-electron chi connectivity index (χ0n) is 11.7. The SMILES string of the molecule is C=CCCC(NC(=O)COc1cccc([N+](=O)[O-])c1)C(=O)O. The van der Waals surface area contributed by atoms with Gasteiger partial charge in [0.25, 0.3) is 11.6 Å². The summed E-state index contributed by atoms with van der Waals surface area (Å²) in [4.78, 5) is 32.7. The molecular formula is C14H16N2O6. The number of aliphatic carboxylic acids is 1. The lowest BCUT2D eigenvalue weighted by atomic mass is 10.1. The first-order chi connectivity index (χ1) is 10.4. The molecule has 1 amide bonds. The van der Waals surface area contributed by atoms with Gasteiger partial charge in [0, 0.05) is 6.07 Å². The van der Waals surface area contributed by atoms with E-state index < -0.39 is 29.4 Å². The second-order valence-electron chi connectivity index (χ2n) is 4.37. The summed E-state index contributed by atoms with van der Waals surface area (Å²) >= 11 is 0. The van der Waals surface area contributed by atoms with Crippen LogP contribution in [0.3, 0.4) is 0 Å². The number of benzene rings is 1. The fourth-order valence-electron chi connectivity index (χ4n) is 1.61. The zero-order chi connectivity index (χ0) is 16.5. The highest BCUT2D eigenvalue weighted by Crippen LogP contribution is 2.18. The second-order valence-corrected chi connectivity index (χ2v) is 4.37. The van der Waals surface area contributed by atoms with Crippen molar-refractivity contribution < 1.29 is 24.4 Å². The van der Waals surface area contributed by atoms with Crippen LogP contribution in [0.25, 0.3) is 0 Å². The van der Waals surface area contributed by atoms with E-state index >= 15 is 0 Å². The molecule has 0 saturated carbocycles. The molecule has 1 aromatic rings. The number of ether oxygens (including phenoxy) is 1. The number of carboxylic acids is 1. The van der Waals surface area contributed by atoms with Gasteiger partial charge in [-0.25, -0.2) is 4.79 Å². The molecule has 118 valence electrons. The Morgan fingerprint density at radius 2 is 2.23 bits per heavy atom.